The number of pyridine rings is 1. The zero-order valence-electron chi connectivity index (χ0n) is 15.2. The van der Waals surface area contributed by atoms with E-state index in [0.717, 1.165) is 16.7 Å². The van der Waals surface area contributed by atoms with Crippen LogP contribution in [0.2, 0.25) is 0 Å². The molecule has 0 spiro atoms. The fraction of sp³-hybridized carbons (Fsp3) is 0.250. The molecule has 3 aromatic rings. The Hall–Kier alpha value is -3.35. The van der Waals surface area contributed by atoms with Crippen LogP contribution in [-0.2, 0) is 13.0 Å². The summed E-state index contributed by atoms with van der Waals surface area (Å²) in [5, 5.41) is 2.91. The third-order valence-corrected chi connectivity index (χ3v) is 5.15. The van der Waals surface area contributed by atoms with E-state index in [1.54, 1.807) is 11.1 Å². The number of hydrogen-bond acceptors (Lipinski definition) is 3. The van der Waals surface area contributed by atoms with Crippen LogP contribution in [0.1, 0.15) is 32.7 Å². The van der Waals surface area contributed by atoms with E-state index in [2.05, 4.69) is 10.1 Å². The molecule has 0 unspecified atom stereocenters. The second kappa shape index (κ2) is 6.42. The van der Waals surface area contributed by atoms with Crippen LogP contribution >= 0.6 is 0 Å². The number of amides is 1. The minimum absolute atomic E-state index is 0.175. The standard InChI is InChI=1S/C20H20N4O3/c1-12-3-4-15(9-13(12)2)24-18(25)10-17(22-24)20(27)23-8-6-14-5-7-21-19(26)16(14)11-23/h3-5,7,9-10,22H,6,8,11H2,1-2H3,(H,21,26). The number of H-pyrrole nitrogens is 2. The monoisotopic (exact) mass is 364 g/mol. The number of benzene rings is 1. The van der Waals surface area contributed by atoms with Crippen LogP contribution in [0.4, 0.5) is 0 Å². The Morgan fingerprint density at radius 1 is 1.07 bits per heavy atom. The van der Waals surface area contributed by atoms with Gasteiger partial charge in [0, 0.05) is 24.4 Å². The Labute approximate surface area is 155 Å². The summed E-state index contributed by atoms with van der Waals surface area (Å²) in [4.78, 5) is 41.5. The number of fused-ring (bicyclic) bond motifs is 1. The van der Waals surface area contributed by atoms with Gasteiger partial charge in [0.25, 0.3) is 17.0 Å². The van der Waals surface area contributed by atoms with Crippen molar-refractivity contribution in [2.45, 2.75) is 26.8 Å². The first-order valence-electron chi connectivity index (χ1n) is 8.82. The van der Waals surface area contributed by atoms with Crippen molar-refractivity contribution in [2.24, 2.45) is 0 Å². The minimum atomic E-state index is -0.295. The van der Waals surface area contributed by atoms with Crippen molar-refractivity contribution in [1.29, 1.82) is 0 Å². The lowest BCUT2D eigenvalue weighted by molar-refractivity contribution is 0.0727. The Morgan fingerprint density at radius 2 is 1.89 bits per heavy atom. The summed E-state index contributed by atoms with van der Waals surface area (Å²) >= 11 is 0. The van der Waals surface area contributed by atoms with Gasteiger partial charge in [0.05, 0.1) is 12.2 Å². The van der Waals surface area contributed by atoms with Crippen LogP contribution in [0.5, 0.6) is 0 Å². The Bertz CT molecular complexity index is 1150. The summed E-state index contributed by atoms with van der Waals surface area (Å²) in [6, 6.07) is 8.86. The van der Waals surface area contributed by atoms with Crippen molar-refractivity contribution in [3.63, 3.8) is 0 Å². The minimum Gasteiger partial charge on any atom is -0.332 e. The zero-order valence-corrected chi connectivity index (χ0v) is 15.2. The fourth-order valence-corrected chi connectivity index (χ4v) is 3.39. The van der Waals surface area contributed by atoms with Crippen molar-refractivity contribution in [3.8, 4) is 5.69 Å². The Kier molecular flexibility index (Phi) is 4.07. The third kappa shape index (κ3) is 3.01. The first kappa shape index (κ1) is 17.1. The molecule has 27 heavy (non-hydrogen) atoms. The lowest BCUT2D eigenvalue weighted by atomic mass is 10.0. The van der Waals surface area contributed by atoms with Gasteiger partial charge >= 0.3 is 0 Å². The van der Waals surface area contributed by atoms with E-state index in [9.17, 15) is 14.4 Å². The van der Waals surface area contributed by atoms with Gasteiger partial charge in [-0.3, -0.25) is 19.5 Å². The van der Waals surface area contributed by atoms with E-state index < -0.39 is 0 Å². The van der Waals surface area contributed by atoms with Gasteiger partial charge in [-0.15, -0.1) is 0 Å². The van der Waals surface area contributed by atoms with E-state index in [0.29, 0.717) is 24.2 Å². The smallest absolute Gasteiger partial charge is 0.272 e. The molecule has 0 fully saturated rings. The number of nitrogens with one attached hydrogen (secondary N) is 2. The average Bonchev–Trinajstić information content (AvgIpc) is 3.05. The largest absolute Gasteiger partial charge is 0.332 e. The van der Waals surface area contributed by atoms with E-state index in [-0.39, 0.29) is 29.3 Å². The number of rotatable bonds is 2. The molecule has 1 amide bonds. The van der Waals surface area contributed by atoms with Crippen molar-refractivity contribution in [2.75, 3.05) is 6.54 Å². The van der Waals surface area contributed by atoms with Gasteiger partial charge < -0.3 is 9.88 Å². The molecule has 7 nitrogen and oxygen atoms in total. The van der Waals surface area contributed by atoms with Gasteiger partial charge in [0.15, 0.2) is 0 Å². The van der Waals surface area contributed by atoms with E-state index in [1.165, 1.54) is 10.7 Å². The molecule has 0 saturated carbocycles. The maximum atomic E-state index is 12.9. The van der Waals surface area contributed by atoms with Crippen LogP contribution in [-0.4, -0.2) is 32.1 Å². The molecular weight excluding hydrogens is 344 g/mol. The predicted octanol–water partition coefficient (Wildman–Crippen LogP) is 1.67. The summed E-state index contributed by atoms with van der Waals surface area (Å²) in [5.41, 5.74) is 4.19. The van der Waals surface area contributed by atoms with Gasteiger partial charge in [0.2, 0.25) is 0 Å². The van der Waals surface area contributed by atoms with E-state index >= 15 is 0 Å². The summed E-state index contributed by atoms with van der Waals surface area (Å²) < 4.78 is 1.37. The molecule has 1 aliphatic rings. The van der Waals surface area contributed by atoms with Crippen LogP contribution in [0.25, 0.3) is 5.69 Å². The number of aryl methyl sites for hydroxylation is 2. The second-order valence-electron chi connectivity index (χ2n) is 6.90. The van der Waals surface area contributed by atoms with Gasteiger partial charge in [-0.05, 0) is 55.2 Å². The second-order valence-corrected chi connectivity index (χ2v) is 6.90. The first-order valence-corrected chi connectivity index (χ1v) is 8.82. The summed E-state index contributed by atoms with van der Waals surface area (Å²) in [7, 11) is 0. The van der Waals surface area contributed by atoms with E-state index in [4.69, 9.17) is 0 Å². The normalized spacial score (nSPS) is 13.5. The quantitative estimate of drug-likeness (QED) is 0.725. The van der Waals surface area contributed by atoms with Crippen LogP contribution in [0.15, 0.2) is 46.1 Å². The molecule has 0 aliphatic carbocycles. The lowest BCUT2D eigenvalue weighted by Crippen LogP contribution is -2.39. The Balaban J connectivity index is 1.64. The first-order chi connectivity index (χ1) is 12.9. The molecule has 0 radical (unpaired) electrons. The molecule has 0 atom stereocenters. The van der Waals surface area contributed by atoms with Gasteiger partial charge in [-0.2, -0.15) is 0 Å². The number of hydrogen-bond donors (Lipinski definition) is 2. The highest BCUT2D eigenvalue weighted by atomic mass is 16.2. The van der Waals surface area contributed by atoms with Gasteiger partial charge in [-0.25, -0.2) is 4.68 Å². The fourth-order valence-electron chi connectivity index (χ4n) is 3.39. The number of carbonyl (C=O) groups is 1. The van der Waals surface area contributed by atoms with Crippen LogP contribution in [0.3, 0.4) is 0 Å². The van der Waals surface area contributed by atoms with Gasteiger partial charge in [0.1, 0.15) is 5.69 Å². The third-order valence-electron chi connectivity index (χ3n) is 5.15. The predicted molar refractivity (Wildman–Crippen MR) is 101 cm³/mol. The van der Waals surface area contributed by atoms with Crippen molar-refractivity contribution >= 4 is 5.91 Å². The zero-order chi connectivity index (χ0) is 19.1. The van der Waals surface area contributed by atoms with Crippen LogP contribution < -0.4 is 11.1 Å². The maximum Gasteiger partial charge on any atom is 0.272 e. The van der Waals surface area contributed by atoms with Gasteiger partial charge in [-0.1, -0.05) is 6.07 Å². The number of nitrogens with zero attached hydrogens (tertiary/aromatic N) is 2. The van der Waals surface area contributed by atoms with Crippen LogP contribution in [0, 0.1) is 13.8 Å². The summed E-state index contributed by atoms with van der Waals surface area (Å²) in [5.74, 6) is -0.288. The highest BCUT2D eigenvalue weighted by Crippen LogP contribution is 2.17. The molecule has 4 rings (SSSR count). The summed E-state index contributed by atoms with van der Waals surface area (Å²) in [6.07, 6.45) is 2.24. The number of aromatic amines is 2. The molecular formula is C20H20N4O3. The molecule has 1 aliphatic heterocycles. The van der Waals surface area contributed by atoms with E-state index in [1.807, 2.05) is 38.1 Å². The van der Waals surface area contributed by atoms with Crippen molar-refractivity contribution in [3.05, 3.63) is 85.2 Å². The molecule has 7 heteroatoms. The molecule has 3 heterocycles. The molecule has 138 valence electrons. The maximum absolute atomic E-state index is 12.9. The molecule has 0 saturated heterocycles. The average molecular weight is 364 g/mol. The molecule has 2 N–H and O–H groups in total. The lowest BCUT2D eigenvalue weighted by Gasteiger charge is -2.27. The topological polar surface area (TPSA) is 91.0 Å². The highest BCUT2D eigenvalue weighted by molar-refractivity contribution is 5.92. The Morgan fingerprint density at radius 3 is 2.67 bits per heavy atom. The molecule has 1 aromatic carbocycles. The summed E-state index contributed by atoms with van der Waals surface area (Å²) in [6.45, 7) is 4.72. The number of aromatic nitrogens is 3. The molecule has 0 bridgehead atoms. The number of carbonyl (C=O) groups excluding carboxylic acids is 1. The van der Waals surface area contributed by atoms with Crippen molar-refractivity contribution < 1.29 is 4.79 Å². The highest BCUT2D eigenvalue weighted by Gasteiger charge is 2.25. The van der Waals surface area contributed by atoms with Crippen molar-refractivity contribution in [1.82, 2.24) is 19.7 Å². The SMILES string of the molecule is Cc1ccc(-n2[nH]c(C(=O)N3CCc4cc[nH]c(=O)c4C3)cc2=O)cc1C. The molecule has 2 aromatic heterocycles.